The molecule has 20 heavy (non-hydrogen) atoms. The van der Waals surface area contributed by atoms with E-state index in [0.717, 1.165) is 18.7 Å². The summed E-state index contributed by atoms with van der Waals surface area (Å²) in [6, 6.07) is 3.62. The highest BCUT2D eigenvalue weighted by Gasteiger charge is 2.09. The number of oxazole rings is 1. The van der Waals surface area contributed by atoms with Gasteiger partial charge in [-0.1, -0.05) is 0 Å². The van der Waals surface area contributed by atoms with Crippen LogP contribution >= 0.6 is 0 Å². The molecule has 1 N–H and O–H groups in total. The van der Waals surface area contributed by atoms with Gasteiger partial charge in [0.15, 0.2) is 23.3 Å². The zero-order valence-corrected chi connectivity index (χ0v) is 11.2. The first-order valence-corrected chi connectivity index (χ1v) is 6.30. The molecule has 6 heteroatoms. The Morgan fingerprint density at radius 1 is 1.25 bits per heavy atom. The van der Waals surface area contributed by atoms with Gasteiger partial charge in [0.05, 0.1) is 12.8 Å². The monoisotopic (exact) mass is 282 g/mol. The quantitative estimate of drug-likeness (QED) is 0.792. The van der Waals surface area contributed by atoms with Crippen LogP contribution in [0.3, 0.4) is 0 Å². The molecule has 108 valence electrons. The van der Waals surface area contributed by atoms with Gasteiger partial charge in [-0.25, -0.2) is 13.8 Å². The molecule has 0 radical (unpaired) electrons. The van der Waals surface area contributed by atoms with Crippen molar-refractivity contribution >= 4 is 0 Å². The lowest BCUT2D eigenvalue weighted by Crippen LogP contribution is -2.21. The van der Waals surface area contributed by atoms with E-state index in [1.807, 2.05) is 0 Å². The van der Waals surface area contributed by atoms with Crippen molar-refractivity contribution < 1.29 is 17.9 Å². The zero-order valence-electron chi connectivity index (χ0n) is 11.2. The summed E-state index contributed by atoms with van der Waals surface area (Å²) < 4.78 is 36.4. The van der Waals surface area contributed by atoms with Gasteiger partial charge in [-0.05, 0) is 18.2 Å². The normalized spacial score (nSPS) is 10.9. The number of nitrogens with zero attached hydrogens (tertiary/aromatic N) is 1. The van der Waals surface area contributed by atoms with E-state index in [1.165, 1.54) is 12.3 Å². The Kier molecular flexibility index (Phi) is 5.20. The maximum absolute atomic E-state index is 13.1. The highest BCUT2D eigenvalue weighted by molar-refractivity contribution is 5.56. The third kappa shape index (κ3) is 3.85. The minimum Gasteiger partial charge on any atom is -0.441 e. The smallest absolute Gasteiger partial charge is 0.196 e. The minimum absolute atomic E-state index is 0.427. The van der Waals surface area contributed by atoms with Gasteiger partial charge in [0.2, 0.25) is 0 Å². The molecule has 0 saturated heterocycles. The Morgan fingerprint density at radius 2 is 2.10 bits per heavy atom. The van der Waals surface area contributed by atoms with Crippen molar-refractivity contribution in [2.24, 2.45) is 0 Å². The summed E-state index contributed by atoms with van der Waals surface area (Å²) >= 11 is 0. The van der Waals surface area contributed by atoms with Crippen LogP contribution in [-0.4, -0.2) is 31.8 Å². The summed E-state index contributed by atoms with van der Waals surface area (Å²) in [4.78, 5) is 4.11. The SMILES string of the molecule is COCCNCCc1ncc(-c2ccc(F)c(F)c2)o1. The van der Waals surface area contributed by atoms with Crippen LogP contribution in [0.25, 0.3) is 11.3 Å². The van der Waals surface area contributed by atoms with Crippen LogP contribution in [0, 0.1) is 11.6 Å². The fourth-order valence-electron chi connectivity index (χ4n) is 1.70. The second-order valence-corrected chi connectivity index (χ2v) is 4.24. The minimum atomic E-state index is -0.901. The maximum Gasteiger partial charge on any atom is 0.196 e. The van der Waals surface area contributed by atoms with Gasteiger partial charge >= 0.3 is 0 Å². The average Bonchev–Trinajstić information content (AvgIpc) is 2.90. The molecule has 0 spiro atoms. The van der Waals surface area contributed by atoms with Crippen LogP contribution in [0.2, 0.25) is 0 Å². The van der Waals surface area contributed by atoms with Crippen LogP contribution in [-0.2, 0) is 11.2 Å². The average molecular weight is 282 g/mol. The van der Waals surface area contributed by atoms with Crippen molar-refractivity contribution in [1.29, 1.82) is 0 Å². The van der Waals surface area contributed by atoms with E-state index in [1.54, 1.807) is 7.11 Å². The molecule has 0 saturated carbocycles. The number of aromatic nitrogens is 1. The number of hydrogen-bond acceptors (Lipinski definition) is 4. The van der Waals surface area contributed by atoms with Crippen molar-refractivity contribution in [3.8, 4) is 11.3 Å². The number of benzene rings is 1. The Hall–Kier alpha value is -1.79. The van der Waals surface area contributed by atoms with Gasteiger partial charge < -0.3 is 14.5 Å². The summed E-state index contributed by atoms with van der Waals surface area (Å²) in [6.07, 6.45) is 2.13. The molecule has 0 fully saturated rings. The second kappa shape index (κ2) is 7.12. The molecule has 2 aromatic rings. The molecule has 0 aliphatic carbocycles. The Balaban J connectivity index is 1.93. The summed E-state index contributed by atoms with van der Waals surface area (Å²) in [7, 11) is 1.64. The maximum atomic E-state index is 13.1. The fourth-order valence-corrected chi connectivity index (χ4v) is 1.70. The van der Waals surface area contributed by atoms with Gasteiger partial charge in [-0.2, -0.15) is 0 Å². The van der Waals surface area contributed by atoms with Crippen LogP contribution in [0.15, 0.2) is 28.8 Å². The molecule has 0 unspecified atom stereocenters. The van der Waals surface area contributed by atoms with E-state index >= 15 is 0 Å². The largest absolute Gasteiger partial charge is 0.441 e. The first-order valence-electron chi connectivity index (χ1n) is 6.30. The highest BCUT2D eigenvalue weighted by atomic mass is 19.2. The van der Waals surface area contributed by atoms with Gasteiger partial charge in [0.1, 0.15) is 0 Å². The zero-order chi connectivity index (χ0) is 14.4. The third-order valence-electron chi connectivity index (χ3n) is 2.76. The molecule has 0 bridgehead atoms. The predicted molar refractivity (Wildman–Crippen MR) is 70.3 cm³/mol. The van der Waals surface area contributed by atoms with Crippen molar-refractivity contribution in [3.05, 3.63) is 41.9 Å². The molecule has 1 heterocycles. The highest BCUT2D eigenvalue weighted by Crippen LogP contribution is 2.22. The predicted octanol–water partition coefficient (Wildman–Crippen LogP) is 2.40. The Bertz CT molecular complexity index is 558. The number of halogens is 2. The lowest BCUT2D eigenvalue weighted by atomic mass is 10.2. The molecule has 2 rings (SSSR count). The molecular formula is C14H16F2N2O2. The molecule has 0 atom stereocenters. The molecule has 0 aliphatic rings. The molecule has 1 aromatic heterocycles. The molecule has 1 aromatic carbocycles. The van der Waals surface area contributed by atoms with Gasteiger partial charge in [0, 0.05) is 32.2 Å². The number of hydrogen-bond donors (Lipinski definition) is 1. The Morgan fingerprint density at radius 3 is 2.85 bits per heavy atom. The number of methoxy groups -OCH3 is 1. The third-order valence-corrected chi connectivity index (χ3v) is 2.76. The number of rotatable bonds is 7. The van der Waals surface area contributed by atoms with Crippen molar-refractivity contribution in [2.75, 3.05) is 26.8 Å². The van der Waals surface area contributed by atoms with Crippen molar-refractivity contribution in [3.63, 3.8) is 0 Å². The fraction of sp³-hybridized carbons (Fsp3) is 0.357. The summed E-state index contributed by atoms with van der Waals surface area (Å²) in [5.74, 6) is -0.803. The molecule has 0 aliphatic heterocycles. The van der Waals surface area contributed by atoms with Gasteiger partial charge in [-0.3, -0.25) is 0 Å². The number of ether oxygens (including phenoxy) is 1. The van der Waals surface area contributed by atoms with Crippen molar-refractivity contribution in [1.82, 2.24) is 10.3 Å². The second-order valence-electron chi connectivity index (χ2n) is 4.24. The summed E-state index contributed by atoms with van der Waals surface area (Å²) in [6.45, 7) is 2.11. The van der Waals surface area contributed by atoms with Crippen LogP contribution in [0.4, 0.5) is 8.78 Å². The van der Waals surface area contributed by atoms with E-state index in [9.17, 15) is 8.78 Å². The van der Waals surface area contributed by atoms with Crippen LogP contribution < -0.4 is 5.32 Å². The van der Waals surface area contributed by atoms with E-state index in [2.05, 4.69) is 10.3 Å². The molecule has 0 amide bonds. The van der Waals surface area contributed by atoms with Crippen LogP contribution in [0.5, 0.6) is 0 Å². The van der Waals surface area contributed by atoms with Gasteiger partial charge in [-0.15, -0.1) is 0 Å². The lowest BCUT2D eigenvalue weighted by Gasteiger charge is -2.01. The number of nitrogens with one attached hydrogen (secondary N) is 1. The Labute approximate surface area is 115 Å². The standard InChI is InChI=1S/C14H16F2N2O2/c1-19-7-6-17-5-4-14-18-9-13(20-14)10-2-3-11(15)12(16)8-10/h2-3,8-9,17H,4-7H2,1H3. The van der Waals surface area contributed by atoms with E-state index in [-0.39, 0.29) is 0 Å². The van der Waals surface area contributed by atoms with Gasteiger partial charge in [0.25, 0.3) is 0 Å². The first-order chi connectivity index (χ1) is 9.70. The molecule has 4 nitrogen and oxygen atoms in total. The lowest BCUT2D eigenvalue weighted by molar-refractivity contribution is 0.199. The molecular weight excluding hydrogens is 266 g/mol. The summed E-state index contributed by atoms with van der Waals surface area (Å²) in [5.41, 5.74) is 0.468. The topological polar surface area (TPSA) is 47.3 Å². The van der Waals surface area contributed by atoms with E-state index < -0.39 is 11.6 Å². The van der Waals surface area contributed by atoms with Crippen molar-refractivity contribution in [2.45, 2.75) is 6.42 Å². The summed E-state index contributed by atoms with van der Waals surface area (Å²) in [5, 5.41) is 3.17. The van der Waals surface area contributed by atoms with Crippen LogP contribution in [0.1, 0.15) is 5.89 Å². The van der Waals surface area contributed by atoms with E-state index in [0.29, 0.717) is 36.8 Å². The first kappa shape index (κ1) is 14.6. The van der Waals surface area contributed by atoms with E-state index in [4.69, 9.17) is 9.15 Å².